The van der Waals surface area contributed by atoms with E-state index in [1.54, 1.807) is 0 Å². The van der Waals surface area contributed by atoms with E-state index in [-0.39, 0.29) is 0 Å². The van der Waals surface area contributed by atoms with Crippen LogP contribution in [0.15, 0.2) is 28.8 Å². The highest BCUT2D eigenvalue weighted by Gasteiger charge is 2.20. The van der Waals surface area contributed by atoms with Gasteiger partial charge in [0.1, 0.15) is 5.76 Å². The van der Waals surface area contributed by atoms with Gasteiger partial charge in [0.15, 0.2) is 5.82 Å². The number of hydrogen-bond acceptors (Lipinski definition) is 3. The van der Waals surface area contributed by atoms with Crippen LogP contribution in [-0.4, -0.2) is 5.16 Å². The average molecular weight is 258 g/mol. The Balaban J connectivity index is 2.43. The van der Waals surface area contributed by atoms with Gasteiger partial charge < -0.3 is 10.3 Å². The van der Waals surface area contributed by atoms with Gasteiger partial charge in [-0.1, -0.05) is 57.1 Å². The van der Waals surface area contributed by atoms with Gasteiger partial charge in [-0.3, -0.25) is 0 Å². The molecule has 102 valence electrons. The van der Waals surface area contributed by atoms with Crippen molar-refractivity contribution in [3.05, 3.63) is 35.6 Å². The van der Waals surface area contributed by atoms with Crippen LogP contribution >= 0.6 is 0 Å². The van der Waals surface area contributed by atoms with Crippen molar-refractivity contribution in [3.8, 4) is 11.1 Å². The summed E-state index contributed by atoms with van der Waals surface area (Å²) in [7, 11) is 0. The van der Waals surface area contributed by atoms with Gasteiger partial charge in [-0.05, 0) is 23.5 Å². The standard InChI is InChI=1S/C16H22N2O/c1-5-11(4)15-14(16(17)18-19-15)13-8-6-12(7-9-13)10(2)3/h6-11H,5H2,1-4H3,(H2,17,18). The summed E-state index contributed by atoms with van der Waals surface area (Å²) in [4.78, 5) is 0. The van der Waals surface area contributed by atoms with Crippen LogP contribution < -0.4 is 5.73 Å². The minimum atomic E-state index is 0.324. The molecule has 0 fully saturated rings. The zero-order valence-corrected chi connectivity index (χ0v) is 12.1. The first-order valence-corrected chi connectivity index (χ1v) is 6.90. The second kappa shape index (κ2) is 5.47. The smallest absolute Gasteiger partial charge is 0.175 e. The maximum Gasteiger partial charge on any atom is 0.175 e. The summed E-state index contributed by atoms with van der Waals surface area (Å²) >= 11 is 0. The third-order valence-electron chi connectivity index (χ3n) is 3.67. The maximum absolute atomic E-state index is 5.96. The van der Waals surface area contributed by atoms with Gasteiger partial charge in [0.2, 0.25) is 0 Å². The lowest BCUT2D eigenvalue weighted by Gasteiger charge is -2.09. The molecule has 1 atom stereocenters. The lowest BCUT2D eigenvalue weighted by atomic mass is 9.95. The van der Waals surface area contributed by atoms with E-state index in [1.807, 2.05) is 0 Å². The Bertz CT molecular complexity index is 540. The number of nitrogens with zero attached hydrogens (tertiary/aromatic N) is 1. The zero-order chi connectivity index (χ0) is 14.0. The molecule has 1 aromatic heterocycles. The molecule has 0 aliphatic rings. The van der Waals surface area contributed by atoms with Crippen LogP contribution in [0.3, 0.4) is 0 Å². The molecule has 0 saturated carbocycles. The quantitative estimate of drug-likeness (QED) is 0.874. The molecule has 0 radical (unpaired) electrons. The molecule has 3 heteroatoms. The summed E-state index contributed by atoms with van der Waals surface area (Å²) in [5, 5.41) is 3.92. The van der Waals surface area contributed by atoms with Crippen molar-refractivity contribution in [2.45, 2.75) is 46.0 Å². The van der Waals surface area contributed by atoms with Crippen molar-refractivity contribution in [1.82, 2.24) is 5.16 Å². The van der Waals surface area contributed by atoms with E-state index < -0.39 is 0 Å². The van der Waals surface area contributed by atoms with E-state index in [4.69, 9.17) is 10.3 Å². The third-order valence-corrected chi connectivity index (χ3v) is 3.67. The van der Waals surface area contributed by atoms with Crippen LogP contribution in [0.2, 0.25) is 0 Å². The van der Waals surface area contributed by atoms with Crippen LogP contribution in [0, 0.1) is 0 Å². The summed E-state index contributed by atoms with van der Waals surface area (Å²) in [5.41, 5.74) is 9.31. The molecule has 2 rings (SSSR count). The van der Waals surface area contributed by atoms with Gasteiger partial charge in [-0.25, -0.2) is 0 Å². The first-order valence-electron chi connectivity index (χ1n) is 6.90. The second-order valence-electron chi connectivity index (χ2n) is 5.39. The molecule has 1 heterocycles. The molecule has 0 spiro atoms. The lowest BCUT2D eigenvalue weighted by molar-refractivity contribution is 0.366. The summed E-state index contributed by atoms with van der Waals surface area (Å²) in [6.07, 6.45) is 1.01. The van der Waals surface area contributed by atoms with E-state index >= 15 is 0 Å². The van der Waals surface area contributed by atoms with Crippen LogP contribution in [0.5, 0.6) is 0 Å². The molecule has 2 N–H and O–H groups in total. The molecule has 0 aliphatic carbocycles. The minimum Gasteiger partial charge on any atom is -0.380 e. The van der Waals surface area contributed by atoms with E-state index in [2.05, 4.69) is 57.1 Å². The highest BCUT2D eigenvalue weighted by Crippen LogP contribution is 2.35. The summed E-state index contributed by atoms with van der Waals surface area (Å²) in [6.45, 7) is 8.64. The predicted octanol–water partition coefficient (Wildman–Crippen LogP) is 4.56. The van der Waals surface area contributed by atoms with Crippen LogP contribution in [-0.2, 0) is 0 Å². The maximum atomic E-state index is 5.96. The molecule has 0 amide bonds. The van der Waals surface area contributed by atoms with E-state index in [0.29, 0.717) is 17.7 Å². The summed E-state index contributed by atoms with van der Waals surface area (Å²) in [5.74, 6) is 2.22. The minimum absolute atomic E-state index is 0.324. The van der Waals surface area contributed by atoms with Gasteiger partial charge in [-0.2, -0.15) is 0 Å². The van der Waals surface area contributed by atoms with Gasteiger partial charge >= 0.3 is 0 Å². The fourth-order valence-electron chi connectivity index (χ4n) is 2.16. The predicted molar refractivity (Wildman–Crippen MR) is 79.1 cm³/mol. The molecule has 2 aromatic rings. The van der Waals surface area contributed by atoms with Crippen molar-refractivity contribution < 1.29 is 4.52 Å². The van der Waals surface area contributed by atoms with Crippen molar-refractivity contribution in [3.63, 3.8) is 0 Å². The van der Waals surface area contributed by atoms with Gasteiger partial charge in [0.25, 0.3) is 0 Å². The number of benzene rings is 1. The van der Waals surface area contributed by atoms with Crippen LogP contribution in [0.1, 0.15) is 57.3 Å². The zero-order valence-electron chi connectivity index (χ0n) is 12.1. The molecular weight excluding hydrogens is 236 g/mol. The van der Waals surface area contributed by atoms with Crippen LogP contribution in [0.4, 0.5) is 5.82 Å². The Morgan fingerprint density at radius 1 is 1.16 bits per heavy atom. The van der Waals surface area contributed by atoms with Crippen molar-refractivity contribution in [2.75, 3.05) is 5.73 Å². The molecule has 3 nitrogen and oxygen atoms in total. The number of aromatic nitrogens is 1. The third kappa shape index (κ3) is 2.65. The van der Waals surface area contributed by atoms with Crippen molar-refractivity contribution in [1.29, 1.82) is 0 Å². The summed E-state index contributed by atoms with van der Waals surface area (Å²) < 4.78 is 5.41. The number of nitrogens with two attached hydrogens (primary N) is 1. The van der Waals surface area contributed by atoms with E-state index in [1.165, 1.54) is 5.56 Å². The highest BCUT2D eigenvalue weighted by atomic mass is 16.5. The fourth-order valence-corrected chi connectivity index (χ4v) is 2.16. The Labute approximate surface area is 114 Å². The molecule has 19 heavy (non-hydrogen) atoms. The Kier molecular flexibility index (Phi) is 3.93. The molecular formula is C16H22N2O. The Morgan fingerprint density at radius 3 is 2.32 bits per heavy atom. The SMILES string of the molecule is CCC(C)c1onc(N)c1-c1ccc(C(C)C)cc1. The Hall–Kier alpha value is -1.77. The fraction of sp³-hybridized carbons (Fsp3) is 0.438. The Morgan fingerprint density at radius 2 is 1.79 bits per heavy atom. The molecule has 1 unspecified atom stereocenters. The highest BCUT2D eigenvalue weighted by molar-refractivity contribution is 5.76. The molecule has 0 bridgehead atoms. The monoisotopic (exact) mass is 258 g/mol. The second-order valence-corrected chi connectivity index (χ2v) is 5.39. The van der Waals surface area contributed by atoms with Gasteiger partial charge in [-0.15, -0.1) is 0 Å². The van der Waals surface area contributed by atoms with Gasteiger partial charge in [0.05, 0.1) is 5.56 Å². The number of rotatable bonds is 4. The van der Waals surface area contributed by atoms with E-state index in [9.17, 15) is 0 Å². The van der Waals surface area contributed by atoms with Crippen LogP contribution in [0.25, 0.3) is 11.1 Å². The number of nitrogen functional groups attached to an aromatic ring is 1. The van der Waals surface area contributed by atoms with E-state index in [0.717, 1.165) is 23.3 Å². The molecule has 1 aromatic carbocycles. The van der Waals surface area contributed by atoms with Gasteiger partial charge in [0, 0.05) is 5.92 Å². The first-order chi connectivity index (χ1) is 9.04. The van der Waals surface area contributed by atoms with Crippen molar-refractivity contribution >= 4 is 5.82 Å². The number of hydrogen-bond donors (Lipinski definition) is 1. The number of anilines is 1. The largest absolute Gasteiger partial charge is 0.380 e. The first kappa shape index (κ1) is 13.7. The normalized spacial score (nSPS) is 12.9. The molecule has 0 aliphatic heterocycles. The molecule has 0 saturated heterocycles. The summed E-state index contributed by atoms with van der Waals surface area (Å²) in [6, 6.07) is 8.49. The topological polar surface area (TPSA) is 52.0 Å². The van der Waals surface area contributed by atoms with Crippen molar-refractivity contribution in [2.24, 2.45) is 0 Å². The average Bonchev–Trinajstić information content (AvgIpc) is 2.80. The lowest BCUT2D eigenvalue weighted by Crippen LogP contribution is -1.95.